The third kappa shape index (κ3) is 5.99. The van der Waals surface area contributed by atoms with Crippen molar-refractivity contribution in [2.24, 2.45) is 0 Å². The fourth-order valence-electron chi connectivity index (χ4n) is 2.52. The highest BCUT2D eigenvalue weighted by Crippen LogP contribution is 2.27. The number of methoxy groups -OCH3 is 2. The van der Waals surface area contributed by atoms with E-state index in [-0.39, 0.29) is 11.9 Å². The van der Waals surface area contributed by atoms with E-state index in [2.05, 4.69) is 17.4 Å². The number of benzene rings is 2. The Morgan fingerprint density at radius 1 is 1.08 bits per heavy atom. The van der Waals surface area contributed by atoms with Gasteiger partial charge in [0.1, 0.15) is 0 Å². The monoisotopic (exact) mass is 339 g/mol. The molecule has 0 spiro atoms. The molecular formula is C21H25NO3. The molecule has 0 aromatic heterocycles. The van der Waals surface area contributed by atoms with Crippen LogP contribution in [0.3, 0.4) is 0 Å². The van der Waals surface area contributed by atoms with E-state index >= 15 is 0 Å². The van der Waals surface area contributed by atoms with Gasteiger partial charge in [0.25, 0.3) is 0 Å². The van der Waals surface area contributed by atoms with E-state index in [0.29, 0.717) is 11.5 Å². The zero-order chi connectivity index (χ0) is 18.1. The predicted molar refractivity (Wildman–Crippen MR) is 101 cm³/mol. The minimum atomic E-state index is -0.102. The SMILES string of the molecule is COc1ccc(/C=C/C(=O)N[C@@H](C)CCc2ccccc2)cc1OC. The third-order valence-corrected chi connectivity index (χ3v) is 3.93. The van der Waals surface area contributed by atoms with Crippen LogP contribution in [0.1, 0.15) is 24.5 Å². The van der Waals surface area contributed by atoms with Crippen LogP contribution >= 0.6 is 0 Å². The molecule has 0 aliphatic carbocycles. The number of hydrogen-bond acceptors (Lipinski definition) is 3. The molecule has 0 unspecified atom stereocenters. The van der Waals surface area contributed by atoms with Crippen molar-refractivity contribution in [2.45, 2.75) is 25.8 Å². The Morgan fingerprint density at radius 3 is 2.48 bits per heavy atom. The number of ether oxygens (including phenoxy) is 2. The lowest BCUT2D eigenvalue weighted by Gasteiger charge is -2.12. The van der Waals surface area contributed by atoms with Crippen LogP contribution in [0.25, 0.3) is 6.08 Å². The molecule has 1 N–H and O–H groups in total. The number of nitrogens with one attached hydrogen (secondary N) is 1. The van der Waals surface area contributed by atoms with Crippen LogP contribution in [0.2, 0.25) is 0 Å². The first-order valence-electron chi connectivity index (χ1n) is 8.37. The van der Waals surface area contributed by atoms with E-state index in [1.807, 2.05) is 43.3 Å². The summed E-state index contributed by atoms with van der Waals surface area (Å²) in [6.07, 6.45) is 5.16. The second-order valence-corrected chi connectivity index (χ2v) is 5.88. The molecule has 4 nitrogen and oxygen atoms in total. The van der Waals surface area contributed by atoms with Gasteiger partial charge in [0.05, 0.1) is 14.2 Å². The van der Waals surface area contributed by atoms with Crippen molar-refractivity contribution >= 4 is 12.0 Å². The summed E-state index contributed by atoms with van der Waals surface area (Å²) in [5, 5.41) is 2.99. The van der Waals surface area contributed by atoms with Crippen LogP contribution in [-0.4, -0.2) is 26.2 Å². The van der Waals surface area contributed by atoms with Gasteiger partial charge in [-0.05, 0) is 49.1 Å². The van der Waals surface area contributed by atoms with Crippen molar-refractivity contribution in [1.82, 2.24) is 5.32 Å². The van der Waals surface area contributed by atoms with Crippen molar-refractivity contribution in [3.8, 4) is 11.5 Å². The zero-order valence-corrected chi connectivity index (χ0v) is 15.0. The van der Waals surface area contributed by atoms with Crippen LogP contribution in [0.4, 0.5) is 0 Å². The number of carbonyl (C=O) groups excluding carboxylic acids is 1. The second kappa shape index (κ2) is 9.52. The van der Waals surface area contributed by atoms with Gasteiger partial charge in [-0.15, -0.1) is 0 Å². The number of amides is 1. The topological polar surface area (TPSA) is 47.6 Å². The molecule has 2 aromatic rings. The van der Waals surface area contributed by atoms with Gasteiger partial charge in [-0.1, -0.05) is 36.4 Å². The summed E-state index contributed by atoms with van der Waals surface area (Å²) in [5.74, 6) is 1.20. The highest BCUT2D eigenvalue weighted by Gasteiger charge is 2.06. The normalized spacial score (nSPS) is 12.0. The van der Waals surface area contributed by atoms with Crippen LogP contribution in [0.15, 0.2) is 54.6 Å². The summed E-state index contributed by atoms with van der Waals surface area (Å²) >= 11 is 0. The molecule has 0 bridgehead atoms. The Morgan fingerprint density at radius 2 is 1.80 bits per heavy atom. The maximum absolute atomic E-state index is 12.1. The summed E-state index contributed by atoms with van der Waals surface area (Å²) in [7, 11) is 3.18. The largest absolute Gasteiger partial charge is 0.493 e. The fourth-order valence-corrected chi connectivity index (χ4v) is 2.52. The third-order valence-electron chi connectivity index (χ3n) is 3.93. The van der Waals surface area contributed by atoms with Gasteiger partial charge in [0.15, 0.2) is 11.5 Å². The zero-order valence-electron chi connectivity index (χ0n) is 15.0. The van der Waals surface area contributed by atoms with Crippen molar-refractivity contribution in [3.63, 3.8) is 0 Å². The second-order valence-electron chi connectivity index (χ2n) is 5.88. The van der Waals surface area contributed by atoms with Gasteiger partial charge in [-0.3, -0.25) is 4.79 Å². The molecule has 1 atom stereocenters. The summed E-state index contributed by atoms with van der Waals surface area (Å²) < 4.78 is 10.5. The van der Waals surface area contributed by atoms with Crippen LogP contribution in [0, 0.1) is 0 Å². The summed E-state index contributed by atoms with van der Waals surface area (Å²) in [6, 6.07) is 15.9. The molecule has 0 saturated heterocycles. The van der Waals surface area contributed by atoms with E-state index in [4.69, 9.17) is 9.47 Å². The minimum absolute atomic E-state index is 0.102. The minimum Gasteiger partial charge on any atom is -0.493 e. The summed E-state index contributed by atoms with van der Waals surface area (Å²) in [4.78, 5) is 12.1. The van der Waals surface area contributed by atoms with Gasteiger partial charge >= 0.3 is 0 Å². The Balaban J connectivity index is 1.85. The molecule has 0 heterocycles. The Labute approximate surface area is 149 Å². The summed E-state index contributed by atoms with van der Waals surface area (Å²) in [5.41, 5.74) is 2.16. The Hall–Kier alpha value is -2.75. The molecule has 0 saturated carbocycles. The van der Waals surface area contributed by atoms with Gasteiger partial charge in [-0.2, -0.15) is 0 Å². The van der Waals surface area contributed by atoms with E-state index < -0.39 is 0 Å². The lowest BCUT2D eigenvalue weighted by atomic mass is 10.1. The predicted octanol–water partition coefficient (Wildman–Crippen LogP) is 3.85. The Kier molecular flexibility index (Phi) is 7.08. The molecule has 25 heavy (non-hydrogen) atoms. The lowest BCUT2D eigenvalue weighted by Crippen LogP contribution is -2.31. The first-order valence-corrected chi connectivity index (χ1v) is 8.37. The smallest absolute Gasteiger partial charge is 0.244 e. The number of rotatable bonds is 8. The first-order chi connectivity index (χ1) is 12.1. The molecule has 132 valence electrons. The van der Waals surface area contributed by atoms with E-state index in [1.54, 1.807) is 26.4 Å². The molecule has 2 rings (SSSR count). The molecule has 2 aromatic carbocycles. The van der Waals surface area contributed by atoms with Crippen molar-refractivity contribution in [2.75, 3.05) is 14.2 Å². The highest BCUT2D eigenvalue weighted by molar-refractivity contribution is 5.92. The number of aryl methyl sites for hydroxylation is 1. The van der Waals surface area contributed by atoms with Gasteiger partial charge in [0.2, 0.25) is 5.91 Å². The fraction of sp³-hybridized carbons (Fsp3) is 0.286. The van der Waals surface area contributed by atoms with Gasteiger partial charge in [-0.25, -0.2) is 0 Å². The van der Waals surface area contributed by atoms with E-state index in [9.17, 15) is 4.79 Å². The molecule has 0 radical (unpaired) electrons. The average molecular weight is 339 g/mol. The van der Waals surface area contributed by atoms with Crippen molar-refractivity contribution in [3.05, 3.63) is 65.7 Å². The quantitative estimate of drug-likeness (QED) is 0.743. The maximum Gasteiger partial charge on any atom is 0.244 e. The standard InChI is InChI=1S/C21H25NO3/c1-16(9-10-17-7-5-4-6-8-17)22-21(23)14-12-18-11-13-19(24-2)20(15-18)25-3/h4-8,11-16H,9-10H2,1-3H3,(H,22,23)/b14-12+/t16-/m0/s1. The average Bonchev–Trinajstić information content (AvgIpc) is 2.65. The highest BCUT2D eigenvalue weighted by atomic mass is 16.5. The lowest BCUT2D eigenvalue weighted by molar-refractivity contribution is -0.117. The molecule has 0 fully saturated rings. The van der Waals surface area contributed by atoms with Crippen LogP contribution < -0.4 is 14.8 Å². The van der Waals surface area contributed by atoms with Crippen molar-refractivity contribution in [1.29, 1.82) is 0 Å². The van der Waals surface area contributed by atoms with Crippen LogP contribution in [-0.2, 0) is 11.2 Å². The van der Waals surface area contributed by atoms with E-state index in [0.717, 1.165) is 18.4 Å². The van der Waals surface area contributed by atoms with Gasteiger partial charge < -0.3 is 14.8 Å². The molecule has 1 amide bonds. The van der Waals surface area contributed by atoms with E-state index in [1.165, 1.54) is 5.56 Å². The molecular weight excluding hydrogens is 314 g/mol. The Bertz CT molecular complexity index is 710. The maximum atomic E-state index is 12.1. The molecule has 4 heteroatoms. The molecule has 0 aliphatic heterocycles. The molecule has 0 aliphatic rings. The van der Waals surface area contributed by atoms with Gasteiger partial charge in [0, 0.05) is 12.1 Å². The van der Waals surface area contributed by atoms with Crippen LogP contribution in [0.5, 0.6) is 11.5 Å². The van der Waals surface area contributed by atoms with Crippen molar-refractivity contribution < 1.29 is 14.3 Å². The number of carbonyl (C=O) groups is 1. The number of hydrogen-bond donors (Lipinski definition) is 1. The summed E-state index contributed by atoms with van der Waals surface area (Å²) in [6.45, 7) is 2.02. The first kappa shape index (κ1) is 18.6.